The summed E-state index contributed by atoms with van der Waals surface area (Å²) in [6.45, 7) is 1.85. The molecule has 0 atom stereocenters. The van der Waals surface area contributed by atoms with Crippen molar-refractivity contribution in [2.24, 2.45) is 0 Å². The summed E-state index contributed by atoms with van der Waals surface area (Å²) in [5.74, 6) is 0. The Morgan fingerprint density at radius 1 is 1.00 bits per heavy atom. The van der Waals surface area contributed by atoms with Crippen LogP contribution in [-0.2, 0) is 12.7 Å². The van der Waals surface area contributed by atoms with Crippen molar-refractivity contribution in [1.82, 2.24) is 20.0 Å². The molecule has 0 amide bonds. The quantitative estimate of drug-likeness (QED) is 0.739. The molecule has 0 radical (unpaired) electrons. The fraction of sp³-hybridized carbons (Fsp3) is 0.188. The molecule has 7 heteroatoms. The van der Waals surface area contributed by atoms with E-state index in [-0.39, 0.29) is 12.1 Å². The third-order valence-electron chi connectivity index (χ3n) is 3.34. The number of hydrogen-bond donors (Lipinski definition) is 0. The Labute approximate surface area is 130 Å². The van der Waals surface area contributed by atoms with Crippen LogP contribution in [0.3, 0.4) is 0 Å². The summed E-state index contributed by atoms with van der Waals surface area (Å²) in [5, 5.41) is 7.88. The predicted octanol–water partition coefficient (Wildman–Crippen LogP) is 3.72. The van der Waals surface area contributed by atoms with Crippen LogP contribution in [-0.4, -0.2) is 20.0 Å². The third kappa shape index (κ3) is 3.39. The van der Waals surface area contributed by atoms with Crippen LogP contribution in [0.2, 0.25) is 0 Å². The molecule has 2 heterocycles. The van der Waals surface area contributed by atoms with Gasteiger partial charge in [-0.25, -0.2) is 4.68 Å². The summed E-state index contributed by atoms with van der Waals surface area (Å²) < 4.78 is 40.4. The summed E-state index contributed by atoms with van der Waals surface area (Å²) in [5.41, 5.74) is 1.48. The molecular weight excluding hydrogens is 305 g/mol. The minimum Gasteiger partial charge on any atom is -0.251 e. The number of hydrogen-bond acceptors (Lipinski definition) is 3. The number of aromatic nitrogens is 4. The van der Waals surface area contributed by atoms with Gasteiger partial charge >= 0.3 is 6.18 Å². The molecule has 0 saturated heterocycles. The summed E-state index contributed by atoms with van der Waals surface area (Å²) in [6.07, 6.45) is -2.80. The average Bonchev–Trinajstić information content (AvgIpc) is 2.95. The Morgan fingerprint density at radius 3 is 2.52 bits per heavy atom. The molecule has 0 aliphatic carbocycles. The Hall–Kier alpha value is -2.70. The van der Waals surface area contributed by atoms with Crippen molar-refractivity contribution in [3.63, 3.8) is 0 Å². The smallest absolute Gasteiger partial charge is 0.251 e. The van der Waals surface area contributed by atoms with Crippen LogP contribution < -0.4 is 0 Å². The van der Waals surface area contributed by atoms with E-state index in [2.05, 4.69) is 15.3 Å². The van der Waals surface area contributed by atoms with E-state index in [0.717, 1.165) is 11.8 Å². The zero-order valence-electron chi connectivity index (χ0n) is 12.2. The summed E-state index contributed by atoms with van der Waals surface area (Å²) in [7, 11) is 0. The molecule has 0 saturated carbocycles. The third-order valence-corrected chi connectivity index (χ3v) is 3.34. The maximum atomic E-state index is 13.0. The molecule has 0 bridgehead atoms. The second-order valence-corrected chi connectivity index (χ2v) is 5.12. The minimum atomic E-state index is -4.39. The Balaban J connectivity index is 1.89. The topological polar surface area (TPSA) is 43.6 Å². The van der Waals surface area contributed by atoms with Crippen LogP contribution in [0, 0.1) is 6.92 Å². The molecule has 0 aliphatic rings. The van der Waals surface area contributed by atoms with Crippen molar-refractivity contribution in [2.75, 3.05) is 0 Å². The highest BCUT2D eigenvalue weighted by atomic mass is 19.4. The normalized spacial score (nSPS) is 11.7. The molecule has 3 aromatic rings. The SMILES string of the molecule is Cc1cccc(-c2cn(Cc3ccccc3C(F)(F)F)nn2)n1. The lowest BCUT2D eigenvalue weighted by molar-refractivity contribution is -0.138. The van der Waals surface area contributed by atoms with Gasteiger partial charge in [-0.15, -0.1) is 5.10 Å². The van der Waals surface area contributed by atoms with Crippen LogP contribution in [0.4, 0.5) is 13.2 Å². The first-order chi connectivity index (χ1) is 10.9. The Bertz CT molecular complexity index is 824. The van der Waals surface area contributed by atoms with Gasteiger partial charge in [0.1, 0.15) is 5.69 Å². The van der Waals surface area contributed by atoms with E-state index in [1.54, 1.807) is 18.3 Å². The maximum Gasteiger partial charge on any atom is 0.416 e. The molecule has 23 heavy (non-hydrogen) atoms. The van der Waals surface area contributed by atoms with E-state index in [0.29, 0.717) is 11.4 Å². The van der Waals surface area contributed by atoms with E-state index < -0.39 is 11.7 Å². The Morgan fingerprint density at radius 2 is 1.78 bits per heavy atom. The molecule has 4 nitrogen and oxygen atoms in total. The largest absolute Gasteiger partial charge is 0.416 e. The van der Waals surface area contributed by atoms with E-state index >= 15 is 0 Å². The van der Waals surface area contributed by atoms with Gasteiger partial charge in [0.15, 0.2) is 0 Å². The second kappa shape index (κ2) is 5.83. The van der Waals surface area contributed by atoms with Gasteiger partial charge in [0.2, 0.25) is 0 Å². The van der Waals surface area contributed by atoms with Crippen LogP contribution in [0.15, 0.2) is 48.7 Å². The predicted molar refractivity (Wildman–Crippen MR) is 78.5 cm³/mol. The molecule has 1 aromatic carbocycles. The molecule has 0 aliphatic heterocycles. The number of rotatable bonds is 3. The maximum absolute atomic E-state index is 13.0. The first-order valence-electron chi connectivity index (χ1n) is 6.93. The lowest BCUT2D eigenvalue weighted by Gasteiger charge is -2.12. The van der Waals surface area contributed by atoms with Gasteiger partial charge in [0, 0.05) is 5.69 Å². The monoisotopic (exact) mass is 318 g/mol. The summed E-state index contributed by atoms with van der Waals surface area (Å²) in [6, 6.07) is 10.9. The first kappa shape index (κ1) is 15.2. The summed E-state index contributed by atoms with van der Waals surface area (Å²) in [4.78, 5) is 4.32. The lowest BCUT2D eigenvalue weighted by atomic mass is 10.1. The highest BCUT2D eigenvalue weighted by Gasteiger charge is 2.32. The molecule has 3 rings (SSSR count). The number of aryl methyl sites for hydroxylation is 1. The molecule has 0 N–H and O–H groups in total. The van der Waals surface area contributed by atoms with Crippen molar-refractivity contribution in [2.45, 2.75) is 19.6 Å². The molecule has 2 aromatic heterocycles. The highest BCUT2D eigenvalue weighted by molar-refractivity contribution is 5.52. The van der Waals surface area contributed by atoms with Gasteiger partial charge < -0.3 is 0 Å². The van der Waals surface area contributed by atoms with Crippen molar-refractivity contribution >= 4 is 0 Å². The number of nitrogens with zero attached hydrogens (tertiary/aromatic N) is 4. The van der Waals surface area contributed by atoms with Gasteiger partial charge in [-0.2, -0.15) is 13.2 Å². The fourth-order valence-corrected chi connectivity index (χ4v) is 2.29. The van der Waals surface area contributed by atoms with Crippen LogP contribution in [0.25, 0.3) is 11.4 Å². The van der Waals surface area contributed by atoms with Crippen LogP contribution in [0.5, 0.6) is 0 Å². The zero-order valence-corrected chi connectivity index (χ0v) is 12.2. The lowest BCUT2D eigenvalue weighted by Crippen LogP contribution is -2.11. The van der Waals surface area contributed by atoms with Gasteiger partial charge in [-0.3, -0.25) is 4.98 Å². The number of pyridine rings is 1. The molecule has 118 valence electrons. The summed E-state index contributed by atoms with van der Waals surface area (Å²) >= 11 is 0. The second-order valence-electron chi connectivity index (χ2n) is 5.12. The van der Waals surface area contributed by atoms with Crippen LogP contribution >= 0.6 is 0 Å². The van der Waals surface area contributed by atoms with E-state index in [1.165, 1.54) is 16.8 Å². The molecule has 0 spiro atoms. The van der Waals surface area contributed by atoms with Gasteiger partial charge in [0.05, 0.1) is 24.0 Å². The zero-order chi connectivity index (χ0) is 16.4. The van der Waals surface area contributed by atoms with Crippen molar-refractivity contribution in [1.29, 1.82) is 0 Å². The van der Waals surface area contributed by atoms with E-state index in [4.69, 9.17) is 0 Å². The number of alkyl halides is 3. The minimum absolute atomic E-state index is 0.00546. The fourth-order valence-electron chi connectivity index (χ4n) is 2.29. The van der Waals surface area contributed by atoms with Crippen molar-refractivity contribution < 1.29 is 13.2 Å². The molecular formula is C16H13F3N4. The van der Waals surface area contributed by atoms with Gasteiger partial charge in [-0.1, -0.05) is 29.5 Å². The first-order valence-corrected chi connectivity index (χ1v) is 6.93. The standard InChI is InChI=1S/C16H13F3N4/c1-11-5-4-8-14(20-11)15-10-23(22-21-15)9-12-6-2-3-7-13(12)16(17,18)19/h2-8,10H,9H2,1H3. The van der Waals surface area contributed by atoms with Gasteiger partial charge in [-0.05, 0) is 30.7 Å². The van der Waals surface area contributed by atoms with Gasteiger partial charge in [0.25, 0.3) is 0 Å². The Kier molecular flexibility index (Phi) is 3.85. The van der Waals surface area contributed by atoms with E-state index in [1.807, 2.05) is 19.1 Å². The average molecular weight is 318 g/mol. The molecule has 0 unspecified atom stereocenters. The van der Waals surface area contributed by atoms with E-state index in [9.17, 15) is 13.2 Å². The van der Waals surface area contributed by atoms with Crippen molar-refractivity contribution in [3.05, 3.63) is 65.5 Å². The highest BCUT2D eigenvalue weighted by Crippen LogP contribution is 2.32. The number of benzene rings is 1. The molecule has 0 fully saturated rings. The van der Waals surface area contributed by atoms with Crippen LogP contribution in [0.1, 0.15) is 16.8 Å². The van der Waals surface area contributed by atoms with Crippen molar-refractivity contribution in [3.8, 4) is 11.4 Å². The number of halogens is 3.